The van der Waals surface area contributed by atoms with Gasteiger partial charge in [-0.2, -0.15) is 0 Å². The summed E-state index contributed by atoms with van der Waals surface area (Å²) < 4.78 is 66.7. The third-order valence-electron chi connectivity index (χ3n) is 7.07. The van der Waals surface area contributed by atoms with Crippen LogP contribution in [0.25, 0.3) is 22.3 Å². The fraction of sp³-hybridized carbons (Fsp3) is 0.500. The summed E-state index contributed by atoms with van der Waals surface area (Å²) in [5, 5.41) is 0. The van der Waals surface area contributed by atoms with Gasteiger partial charge >= 0.3 is 6.72 Å². The van der Waals surface area contributed by atoms with E-state index in [-0.39, 0.29) is 35.8 Å². The van der Waals surface area contributed by atoms with Crippen molar-refractivity contribution < 1.29 is 41.4 Å². The first-order valence-electron chi connectivity index (χ1n) is 12.6. The Morgan fingerprint density at radius 2 is 1.53 bits per heavy atom. The molecule has 0 aliphatic carbocycles. The highest BCUT2D eigenvalue weighted by molar-refractivity contribution is 8.32. The molecule has 2 unspecified atom stereocenters. The van der Waals surface area contributed by atoms with Crippen LogP contribution in [0, 0.1) is 0 Å². The number of aromatic nitrogens is 8. The largest absolute Gasteiger partial charge is 0.660 e. The number of nitrogens with two attached hydrogens (primary N) is 2. The first-order chi connectivity index (χ1) is 20.5. The first kappa shape index (κ1) is 29.3. The average Bonchev–Trinajstić information content (AvgIpc) is 3.72. The van der Waals surface area contributed by atoms with Gasteiger partial charge in [-0.1, -0.05) is 0 Å². The molecule has 3 aliphatic heterocycles. The molecule has 7 rings (SSSR count). The van der Waals surface area contributed by atoms with Gasteiger partial charge in [0.15, 0.2) is 48.4 Å². The number of halogens is 1. The highest BCUT2D eigenvalue weighted by Gasteiger charge is 2.51. The molecule has 3 saturated heterocycles. The van der Waals surface area contributed by atoms with Gasteiger partial charge in [0.25, 0.3) is 0 Å². The summed E-state index contributed by atoms with van der Waals surface area (Å²) in [5.74, 6) is 0.226. The lowest BCUT2D eigenvalue weighted by molar-refractivity contribution is -0.0575. The number of hydrogen-bond acceptors (Lipinski definition) is 17. The van der Waals surface area contributed by atoms with Gasteiger partial charge in [0.05, 0.1) is 32.0 Å². The lowest BCUT2D eigenvalue weighted by atomic mass is 10.1. The SMILES string of the molecule is Nc1ncnc2c1ncn2[C@@H]1O[C@@H]2COP(=O)([S-])O[C@@H]3C[C@@H](COP(O)(=S)O[C@H]2[C@H]1F)O[C@H]3n1cnc2c(N)ncnc21. The van der Waals surface area contributed by atoms with Crippen molar-refractivity contribution in [2.45, 2.75) is 49.5 Å². The van der Waals surface area contributed by atoms with Gasteiger partial charge in [-0.05, 0) is 11.8 Å². The fourth-order valence-corrected chi connectivity index (χ4v) is 8.06. The maximum Gasteiger partial charge on any atom is 0.325 e. The monoisotopic (exact) mass is 675 g/mol. The number of rotatable bonds is 2. The Bertz CT molecular complexity index is 1800. The lowest BCUT2D eigenvalue weighted by Gasteiger charge is -2.31. The number of ether oxygens (including phenoxy) is 2. The van der Waals surface area contributed by atoms with Crippen LogP contribution in [0.3, 0.4) is 0 Å². The van der Waals surface area contributed by atoms with Crippen molar-refractivity contribution in [1.82, 2.24) is 39.0 Å². The molecule has 4 aromatic rings. The minimum absolute atomic E-state index is 0.0810. The molecule has 9 atom stereocenters. The van der Waals surface area contributed by atoms with Crippen LogP contribution >= 0.6 is 13.5 Å². The Hall–Kier alpha value is -2.42. The number of hydrogen-bond donors (Lipinski definition) is 3. The van der Waals surface area contributed by atoms with Crippen LogP contribution in [0.15, 0.2) is 25.3 Å². The Kier molecular flexibility index (Phi) is 7.41. The molecule has 2 bridgehead atoms. The van der Waals surface area contributed by atoms with Crippen molar-refractivity contribution in [2.75, 3.05) is 24.7 Å². The van der Waals surface area contributed by atoms with E-state index in [2.05, 4.69) is 29.9 Å². The molecule has 0 saturated carbocycles. The van der Waals surface area contributed by atoms with E-state index in [0.29, 0.717) is 11.2 Å². The van der Waals surface area contributed by atoms with E-state index >= 15 is 4.39 Å². The van der Waals surface area contributed by atoms with Crippen molar-refractivity contribution >= 4 is 71.5 Å². The summed E-state index contributed by atoms with van der Waals surface area (Å²) in [4.78, 5) is 35.4. The predicted molar refractivity (Wildman–Crippen MR) is 150 cm³/mol. The zero-order valence-corrected chi connectivity index (χ0v) is 25.0. The van der Waals surface area contributed by atoms with Crippen molar-refractivity contribution in [3.63, 3.8) is 0 Å². The van der Waals surface area contributed by atoms with Crippen LogP contribution in [0.1, 0.15) is 18.9 Å². The van der Waals surface area contributed by atoms with Crippen LogP contribution in [0.2, 0.25) is 0 Å². The highest BCUT2D eigenvalue weighted by Crippen LogP contribution is 2.55. The standard InChI is InChI=1S/C20H23FN10O8P2S2/c21-11-14-10(37-20(11)31-7-29-13-16(23)25-5-27-18(13)31)3-35-40(32,42)38-9-1-8(2-34-41(33,43)39-14)36-19(9)30-6-28-12-15(22)24-4-26-17(12)30/h4-11,14,19-20H,1-3H2,(H,32,42)(H,33,43)(H2,22,24,26)(H2,23,25,27)/p-1/t8-,9+,10+,11+,14+,19+,20+,40?,41?/m0/s1. The van der Waals surface area contributed by atoms with Gasteiger partial charge in [-0.15, -0.1) is 0 Å². The number of alkyl halides is 1. The number of nitrogens with zero attached hydrogens (tertiary/aromatic N) is 8. The van der Waals surface area contributed by atoms with Crippen LogP contribution in [0.4, 0.5) is 16.0 Å². The molecule has 43 heavy (non-hydrogen) atoms. The first-order valence-corrected chi connectivity index (χ1v) is 17.7. The number of imidazole rings is 2. The molecule has 230 valence electrons. The molecule has 0 amide bonds. The van der Waals surface area contributed by atoms with Crippen molar-refractivity contribution in [3.8, 4) is 0 Å². The minimum atomic E-state index is -4.26. The van der Waals surface area contributed by atoms with E-state index in [0.717, 1.165) is 0 Å². The molecule has 5 N–H and O–H groups in total. The van der Waals surface area contributed by atoms with Gasteiger partial charge in [0, 0.05) is 6.42 Å². The number of nitrogen functional groups attached to an aromatic ring is 2. The Morgan fingerprint density at radius 3 is 2.19 bits per heavy atom. The average molecular weight is 676 g/mol. The minimum Gasteiger partial charge on any atom is -0.660 e. The molecule has 3 fully saturated rings. The van der Waals surface area contributed by atoms with Crippen molar-refractivity contribution in [1.29, 1.82) is 0 Å². The van der Waals surface area contributed by atoms with Crippen LogP contribution < -0.4 is 11.5 Å². The molecular formula is C20H22FN10O8P2S2-. The zero-order chi connectivity index (χ0) is 30.1. The van der Waals surface area contributed by atoms with Crippen LogP contribution in [0.5, 0.6) is 0 Å². The van der Waals surface area contributed by atoms with Crippen LogP contribution in [-0.2, 0) is 56.2 Å². The van der Waals surface area contributed by atoms with E-state index < -0.39 is 63.2 Å². The van der Waals surface area contributed by atoms with Gasteiger partial charge < -0.3 is 51.7 Å². The second-order valence-corrected chi connectivity index (χ2v) is 15.3. The molecule has 3 aliphatic rings. The summed E-state index contributed by atoms with van der Waals surface area (Å²) >= 11 is 10.4. The third-order valence-corrected chi connectivity index (χ3v) is 10.2. The number of fused-ring (bicyclic) bond motifs is 5. The van der Waals surface area contributed by atoms with E-state index in [4.69, 9.17) is 63.1 Å². The predicted octanol–water partition coefficient (Wildman–Crippen LogP) is 1.04. The zero-order valence-electron chi connectivity index (χ0n) is 21.6. The maximum atomic E-state index is 16.0. The fourth-order valence-electron chi connectivity index (χ4n) is 5.18. The number of anilines is 2. The molecule has 23 heteroatoms. The maximum absolute atomic E-state index is 16.0. The topological polar surface area (TPSA) is 232 Å². The smallest absolute Gasteiger partial charge is 0.325 e. The van der Waals surface area contributed by atoms with E-state index in [1.807, 2.05) is 0 Å². The molecule has 18 nitrogen and oxygen atoms in total. The third kappa shape index (κ3) is 5.42. The Morgan fingerprint density at radius 1 is 0.907 bits per heavy atom. The van der Waals surface area contributed by atoms with E-state index in [9.17, 15) is 9.46 Å². The Labute approximate surface area is 251 Å². The van der Waals surface area contributed by atoms with Gasteiger partial charge in [0.2, 0.25) is 0 Å². The molecule has 0 aromatic carbocycles. The second kappa shape index (κ2) is 10.9. The molecule has 4 aromatic heterocycles. The highest BCUT2D eigenvalue weighted by atomic mass is 32.7. The quantitative estimate of drug-likeness (QED) is 0.199. The van der Waals surface area contributed by atoms with Crippen molar-refractivity contribution in [2.24, 2.45) is 0 Å². The van der Waals surface area contributed by atoms with Gasteiger partial charge in [0.1, 0.15) is 42.0 Å². The van der Waals surface area contributed by atoms with Gasteiger partial charge in [-0.3, -0.25) is 18.2 Å². The summed E-state index contributed by atoms with van der Waals surface area (Å²) in [7, 11) is 0. The lowest BCUT2D eigenvalue weighted by Crippen LogP contribution is -2.34. The molecule has 7 heterocycles. The van der Waals surface area contributed by atoms with E-state index in [1.165, 1.54) is 34.4 Å². The summed E-state index contributed by atoms with van der Waals surface area (Å²) in [6, 6.07) is 0. The molecule has 0 spiro atoms. The van der Waals surface area contributed by atoms with Crippen LogP contribution in [-0.4, -0.2) is 87.7 Å². The summed E-state index contributed by atoms with van der Waals surface area (Å²) in [5.41, 5.74) is 12.8. The summed E-state index contributed by atoms with van der Waals surface area (Å²) in [6.45, 7) is -9.19. The van der Waals surface area contributed by atoms with E-state index in [1.54, 1.807) is 0 Å². The normalized spacial score (nSPS) is 37.1. The summed E-state index contributed by atoms with van der Waals surface area (Å²) in [6.07, 6.45) is -3.55. The molecular weight excluding hydrogens is 653 g/mol. The molecule has 0 radical (unpaired) electrons. The van der Waals surface area contributed by atoms with Gasteiger partial charge in [-0.25, -0.2) is 34.3 Å². The second-order valence-electron chi connectivity index (χ2n) is 9.78. The van der Waals surface area contributed by atoms with Crippen molar-refractivity contribution in [3.05, 3.63) is 25.3 Å². The Balaban J connectivity index is 1.18.